The van der Waals surface area contributed by atoms with E-state index < -0.39 is 5.91 Å². The summed E-state index contributed by atoms with van der Waals surface area (Å²) in [6.45, 7) is 0. The largest absolute Gasteiger partial charge is 0.322 e. The first-order valence-electron chi connectivity index (χ1n) is 8.08. The third kappa shape index (κ3) is 5.66. The number of rotatable bonds is 5. The van der Waals surface area contributed by atoms with Gasteiger partial charge < -0.3 is 5.32 Å². The third-order valence-corrected chi connectivity index (χ3v) is 6.85. The fraction of sp³-hybridized carbons (Fsp3) is 0.100. The molecule has 0 aromatic heterocycles. The van der Waals surface area contributed by atoms with Crippen molar-refractivity contribution in [1.82, 2.24) is 0 Å². The van der Waals surface area contributed by atoms with Crippen molar-refractivity contribution in [3.63, 3.8) is 0 Å². The van der Waals surface area contributed by atoms with Crippen molar-refractivity contribution >= 4 is 70.2 Å². The molecule has 138 valence electrons. The lowest BCUT2D eigenvalue weighted by Gasteiger charge is -2.09. The first-order valence-corrected chi connectivity index (χ1v) is 10.8. The van der Waals surface area contributed by atoms with Crippen LogP contribution in [0.1, 0.15) is 5.56 Å². The molecule has 3 rings (SSSR count). The zero-order valence-electron chi connectivity index (χ0n) is 14.1. The van der Waals surface area contributed by atoms with Gasteiger partial charge in [-0.05, 0) is 48.0 Å². The summed E-state index contributed by atoms with van der Waals surface area (Å²) in [5.74, 6) is 1.02. The Balaban J connectivity index is 1.81. The summed E-state index contributed by atoms with van der Waals surface area (Å²) in [6.07, 6.45) is 3.10. The SMILES string of the molecule is O=C(/C=C/c1ccc(Cl)cc1)C(C(=O)Nc1ccc(Cl)cc1)=C1SCCS1. The molecule has 1 amide bonds. The Hall–Kier alpha value is -1.66. The molecule has 2 aromatic carbocycles. The van der Waals surface area contributed by atoms with Crippen LogP contribution in [0.2, 0.25) is 10.0 Å². The number of anilines is 1. The van der Waals surface area contributed by atoms with Crippen LogP contribution in [0.25, 0.3) is 6.08 Å². The number of carbonyl (C=O) groups is 2. The van der Waals surface area contributed by atoms with E-state index in [1.165, 1.54) is 29.6 Å². The minimum atomic E-state index is -0.417. The Bertz CT molecular complexity index is 899. The van der Waals surface area contributed by atoms with Gasteiger partial charge in [0, 0.05) is 27.2 Å². The molecular formula is C20H15Cl2NO2S2. The summed E-state index contributed by atoms with van der Waals surface area (Å²) in [6, 6.07) is 13.9. The van der Waals surface area contributed by atoms with E-state index in [9.17, 15) is 9.59 Å². The van der Waals surface area contributed by atoms with E-state index in [1.807, 2.05) is 12.1 Å². The maximum atomic E-state index is 12.8. The monoisotopic (exact) mass is 435 g/mol. The number of halogens is 2. The second-order valence-electron chi connectivity index (χ2n) is 5.57. The summed E-state index contributed by atoms with van der Waals surface area (Å²) >= 11 is 14.8. The molecule has 0 atom stereocenters. The number of hydrogen-bond acceptors (Lipinski definition) is 4. The minimum absolute atomic E-state index is 0.169. The molecule has 1 fully saturated rings. The zero-order chi connectivity index (χ0) is 19.2. The standard InChI is InChI=1S/C20H15Cl2NO2S2/c21-14-4-1-13(2-5-14)3-10-17(24)18(20-26-11-12-27-20)19(25)23-16-8-6-15(22)7-9-16/h1-10H,11-12H2,(H,23,25)/b10-3+. The van der Waals surface area contributed by atoms with E-state index in [2.05, 4.69) is 5.32 Å². The lowest BCUT2D eigenvalue weighted by molar-refractivity contribution is -0.117. The molecule has 0 unspecified atom stereocenters. The second-order valence-corrected chi connectivity index (χ2v) is 8.91. The highest BCUT2D eigenvalue weighted by Crippen LogP contribution is 2.39. The smallest absolute Gasteiger partial charge is 0.261 e. The number of hydrogen-bond donors (Lipinski definition) is 1. The average Bonchev–Trinajstić information content (AvgIpc) is 3.17. The summed E-state index contributed by atoms with van der Waals surface area (Å²) in [7, 11) is 0. The van der Waals surface area contributed by atoms with E-state index in [0.29, 0.717) is 15.7 Å². The van der Waals surface area contributed by atoms with Crippen molar-refractivity contribution in [3.05, 3.63) is 80.0 Å². The van der Waals surface area contributed by atoms with E-state index >= 15 is 0 Å². The predicted octanol–water partition coefficient (Wildman–Crippen LogP) is 5.91. The number of amides is 1. The highest BCUT2D eigenvalue weighted by atomic mass is 35.5. The highest BCUT2D eigenvalue weighted by molar-refractivity contribution is 8.25. The Morgan fingerprint density at radius 1 is 0.889 bits per heavy atom. The molecule has 0 radical (unpaired) electrons. The molecule has 2 aromatic rings. The van der Waals surface area contributed by atoms with Crippen LogP contribution in [0, 0.1) is 0 Å². The fourth-order valence-corrected chi connectivity index (χ4v) is 5.11. The van der Waals surface area contributed by atoms with Gasteiger partial charge in [0.15, 0.2) is 5.78 Å². The van der Waals surface area contributed by atoms with Gasteiger partial charge in [-0.25, -0.2) is 0 Å². The normalized spacial score (nSPS) is 13.8. The third-order valence-electron chi connectivity index (χ3n) is 3.63. The number of nitrogens with one attached hydrogen (secondary N) is 1. The summed E-state index contributed by atoms with van der Waals surface area (Å²) in [5, 5.41) is 3.98. The molecule has 1 aliphatic heterocycles. The number of thioether (sulfide) groups is 2. The van der Waals surface area contributed by atoms with Crippen molar-refractivity contribution in [1.29, 1.82) is 0 Å². The Kier molecular flexibility index (Phi) is 7.07. The highest BCUT2D eigenvalue weighted by Gasteiger charge is 2.25. The lowest BCUT2D eigenvalue weighted by Crippen LogP contribution is -2.20. The molecular weight excluding hydrogens is 421 g/mol. The number of ketones is 1. The van der Waals surface area contributed by atoms with Crippen LogP contribution >= 0.6 is 46.7 Å². The van der Waals surface area contributed by atoms with Gasteiger partial charge >= 0.3 is 0 Å². The van der Waals surface area contributed by atoms with Gasteiger partial charge in [0.05, 0.1) is 4.24 Å². The van der Waals surface area contributed by atoms with Gasteiger partial charge in [0.25, 0.3) is 5.91 Å². The van der Waals surface area contributed by atoms with Crippen LogP contribution in [-0.2, 0) is 9.59 Å². The Morgan fingerprint density at radius 2 is 1.44 bits per heavy atom. The Labute approximate surface area is 176 Å². The van der Waals surface area contributed by atoms with Crippen LogP contribution < -0.4 is 5.32 Å². The van der Waals surface area contributed by atoms with E-state index in [1.54, 1.807) is 42.5 Å². The second kappa shape index (κ2) is 9.51. The van der Waals surface area contributed by atoms with E-state index in [0.717, 1.165) is 21.3 Å². The van der Waals surface area contributed by atoms with Crippen molar-refractivity contribution < 1.29 is 9.59 Å². The van der Waals surface area contributed by atoms with Crippen LogP contribution in [0.15, 0.2) is 64.4 Å². The number of carbonyl (C=O) groups excluding carboxylic acids is 2. The molecule has 0 spiro atoms. The molecule has 1 saturated heterocycles. The van der Waals surface area contributed by atoms with Crippen molar-refractivity contribution in [2.75, 3.05) is 16.8 Å². The van der Waals surface area contributed by atoms with Crippen molar-refractivity contribution in [2.24, 2.45) is 0 Å². The minimum Gasteiger partial charge on any atom is -0.322 e. The van der Waals surface area contributed by atoms with Gasteiger partial charge in [0.1, 0.15) is 5.57 Å². The zero-order valence-corrected chi connectivity index (χ0v) is 17.2. The maximum absolute atomic E-state index is 12.8. The molecule has 0 aliphatic carbocycles. The molecule has 1 heterocycles. The average molecular weight is 436 g/mol. The van der Waals surface area contributed by atoms with Crippen molar-refractivity contribution in [2.45, 2.75) is 0 Å². The van der Waals surface area contributed by atoms with Gasteiger partial charge in [-0.1, -0.05) is 41.4 Å². The molecule has 1 N–H and O–H groups in total. The molecule has 7 heteroatoms. The first kappa shape index (κ1) is 20.1. The number of allylic oxidation sites excluding steroid dienone is 1. The van der Waals surface area contributed by atoms with E-state index in [-0.39, 0.29) is 11.4 Å². The molecule has 3 nitrogen and oxygen atoms in total. The topological polar surface area (TPSA) is 46.2 Å². The van der Waals surface area contributed by atoms with Gasteiger partial charge in [-0.15, -0.1) is 23.5 Å². The van der Waals surface area contributed by atoms with Gasteiger partial charge in [0.2, 0.25) is 0 Å². The van der Waals surface area contributed by atoms with Gasteiger partial charge in [-0.3, -0.25) is 9.59 Å². The number of benzene rings is 2. The molecule has 0 saturated carbocycles. The Morgan fingerprint density at radius 3 is 2.04 bits per heavy atom. The summed E-state index contributed by atoms with van der Waals surface area (Å²) in [5.41, 5.74) is 1.59. The van der Waals surface area contributed by atoms with E-state index in [4.69, 9.17) is 23.2 Å². The van der Waals surface area contributed by atoms with Crippen LogP contribution in [0.5, 0.6) is 0 Å². The fourth-order valence-electron chi connectivity index (χ4n) is 2.32. The maximum Gasteiger partial charge on any atom is 0.261 e. The quantitative estimate of drug-likeness (QED) is 0.360. The van der Waals surface area contributed by atoms with Gasteiger partial charge in [-0.2, -0.15) is 0 Å². The first-order chi connectivity index (χ1) is 13.0. The van der Waals surface area contributed by atoms with Crippen LogP contribution in [0.4, 0.5) is 5.69 Å². The summed E-state index contributed by atoms with van der Waals surface area (Å²) < 4.78 is 0.757. The molecule has 27 heavy (non-hydrogen) atoms. The van der Waals surface area contributed by atoms with Crippen molar-refractivity contribution in [3.8, 4) is 0 Å². The van der Waals surface area contributed by atoms with Crippen LogP contribution in [0.3, 0.4) is 0 Å². The molecule has 1 aliphatic rings. The lowest BCUT2D eigenvalue weighted by atomic mass is 10.1. The predicted molar refractivity (Wildman–Crippen MR) is 118 cm³/mol. The van der Waals surface area contributed by atoms with Crippen LogP contribution in [-0.4, -0.2) is 23.2 Å². The molecule has 0 bridgehead atoms. The summed E-state index contributed by atoms with van der Waals surface area (Å²) in [4.78, 5) is 25.6.